The number of halogens is 1. The number of nitrogens with zero attached hydrogens (tertiary/aromatic N) is 3. The number of amides is 1. The monoisotopic (exact) mass is 307 g/mol. The molecule has 0 aliphatic carbocycles. The van der Waals surface area contributed by atoms with Gasteiger partial charge in [0.25, 0.3) is 0 Å². The Morgan fingerprint density at radius 2 is 2.10 bits per heavy atom. The summed E-state index contributed by atoms with van der Waals surface area (Å²) in [5.74, 6) is 0.0963. The quantitative estimate of drug-likeness (QED) is 0.770. The van der Waals surface area contributed by atoms with Gasteiger partial charge in [0.15, 0.2) is 5.16 Å². The Labute approximate surface area is 128 Å². The molecule has 6 heteroatoms. The molecule has 2 aromatic rings. The van der Waals surface area contributed by atoms with E-state index in [2.05, 4.69) is 4.98 Å². The summed E-state index contributed by atoms with van der Waals surface area (Å²) < 4.78 is 14.8. The number of carbonyl (C=O) groups excluding carboxylic acids is 1. The normalized spacial score (nSPS) is 10.6. The molecule has 0 bridgehead atoms. The second-order valence-electron chi connectivity index (χ2n) is 4.66. The Morgan fingerprint density at radius 3 is 2.76 bits per heavy atom. The Morgan fingerprint density at radius 1 is 1.38 bits per heavy atom. The molecule has 0 saturated heterocycles. The molecule has 0 N–H and O–H groups in total. The summed E-state index contributed by atoms with van der Waals surface area (Å²) in [6.07, 6.45) is 3.63. The second-order valence-corrected chi connectivity index (χ2v) is 5.60. The number of aryl methyl sites for hydroxylation is 1. The molecule has 1 amide bonds. The molecule has 1 heterocycles. The van der Waals surface area contributed by atoms with Gasteiger partial charge in [-0.3, -0.25) is 4.79 Å². The van der Waals surface area contributed by atoms with E-state index in [1.807, 2.05) is 17.7 Å². The topological polar surface area (TPSA) is 38.1 Å². The molecule has 0 atom stereocenters. The van der Waals surface area contributed by atoms with E-state index in [9.17, 15) is 9.18 Å². The number of thioether (sulfide) groups is 1. The Kier molecular flexibility index (Phi) is 5.38. The van der Waals surface area contributed by atoms with Crippen LogP contribution in [0.5, 0.6) is 0 Å². The highest BCUT2D eigenvalue weighted by molar-refractivity contribution is 7.99. The minimum atomic E-state index is -0.269. The fourth-order valence-corrected chi connectivity index (χ4v) is 2.83. The van der Waals surface area contributed by atoms with Gasteiger partial charge in [-0.2, -0.15) is 0 Å². The van der Waals surface area contributed by atoms with E-state index in [0.717, 1.165) is 17.3 Å². The minimum absolute atomic E-state index is 0.0231. The van der Waals surface area contributed by atoms with Crippen molar-refractivity contribution in [2.75, 3.05) is 12.8 Å². The molecule has 0 unspecified atom stereocenters. The molecule has 0 spiro atoms. The molecule has 21 heavy (non-hydrogen) atoms. The molecule has 2 rings (SSSR count). The highest BCUT2D eigenvalue weighted by atomic mass is 32.2. The van der Waals surface area contributed by atoms with Gasteiger partial charge in [-0.1, -0.05) is 23.9 Å². The number of benzene rings is 1. The van der Waals surface area contributed by atoms with Crippen LogP contribution in [0.4, 0.5) is 4.39 Å². The van der Waals surface area contributed by atoms with Gasteiger partial charge < -0.3 is 9.47 Å². The number of rotatable bonds is 6. The van der Waals surface area contributed by atoms with Crippen LogP contribution in [0.25, 0.3) is 0 Å². The molecule has 0 aliphatic rings. The first-order valence-electron chi connectivity index (χ1n) is 6.72. The Bertz CT molecular complexity index is 597. The van der Waals surface area contributed by atoms with E-state index >= 15 is 0 Å². The van der Waals surface area contributed by atoms with E-state index in [-0.39, 0.29) is 11.7 Å². The maximum absolute atomic E-state index is 12.8. The highest BCUT2D eigenvalue weighted by Crippen LogP contribution is 2.16. The second kappa shape index (κ2) is 7.26. The summed E-state index contributed by atoms with van der Waals surface area (Å²) in [5, 5.41) is 0.848. The molecule has 0 radical (unpaired) electrons. The van der Waals surface area contributed by atoms with Crippen LogP contribution in [0, 0.1) is 5.82 Å². The standard InChI is InChI=1S/C15H18FN3OS/c1-3-19-9-8-17-15(19)21-11-14(20)18(2)10-12-4-6-13(16)7-5-12/h4-9H,3,10-11H2,1-2H3. The van der Waals surface area contributed by atoms with Gasteiger partial charge in [0.2, 0.25) is 5.91 Å². The van der Waals surface area contributed by atoms with Gasteiger partial charge in [0, 0.05) is 32.5 Å². The van der Waals surface area contributed by atoms with Crippen LogP contribution in [0.1, 0.15) is 12.5 Å². The molecule has 112 valence electrons. The zero-order chi connectivity index (χ0) is 15.2. The predicted molar refractivity (Wildman–Crippen MR) is 81.5 cm³/mol. The van der Waals surface area contributed by atoms with Gasteiger partial charge in [-0.25, -0.2) is 9.37 Å². The molecule has 0 aliphatic heterocycles. The fourth-order valence-electron chi connectivity index (χ4n) is 1.86. The predicted octanol–water partition coefficient (Wildman–Crippen LogP) is 2.79. The van der Waals surface area contributed by atoms with Crippen LogP contribution >= 0.6 is 11.8 Å². The molecule has 1 aromatic heterocycles. The number of imidazole rings is 1. The SMILES string of the molecule is CCn1ccnc1SCC(=O)N(C)Cc1ccc(F)cc1. The van der Waals surface area contributed by atoms with Crippen LogP contribution in [-0.2, 0) is 17.9 Å². The van der Waals surface area contributed by atoms with Crippen molar-refractivity contribution in [1.29, 1.82) is 0 Å². The maximum atomic E-state index is 12.8. The fraction of sp³-hybridized carbons (Fsp3) is 0.333. The van der Waals surface area contributed by atoms with Crippen molar-refractivity contribution in [1.82, 2.24) is 14.5 Å². The summed E-state index contributed by atoms with van der Waals surface area (Å²) in [6, 6.07) is 6.19. The summed E-state index contributed by atoms with van der Waals surface area (Å²) in [4.78, 5) is 18.0. The molecule has 0 saturated carbocycles. The lowest BCUT2D eigenvalue weighted by Gasteiger charge is -2.17. The van der Waals surface area contributed by atoms with Crippen LogP contribution in [-0.4, -0.2) is 33.2 Å². The zero-order valence-electron chi connectivity index (χ0n) is 12.1. The third-order valence-electron chi connectivity index (χ3n) is 3.10. The molecule has 4 nitrogen and oxygen atoms in total. The van der Waals surface area contributed by atoms with Gasteiger partial charge in [-0.05, 0) is 24.6 Å². The van der Waals surface area contributed by atoms with Crippen LogP contribution in [0.15, 0.2) is 41.8 Å². The van der Waals surface area contributed by atoms with Crippen molar-refractivity contribution in [3.05, 3.63) is 48.0 Å². The van der Waals surface area contributed by atoms with Crippen LogP contribution in [0.2, 0.25) is 0 Å². The van der Waals surface area contributed by atoms with Crippen molar-refractivity contribution >= 4 is 17.7 Å². The molecule has 1 aromatic carbocycles. The van der Waals surface area contributed by atoms with E-state index in [0.29, 0.717) is 12.3 Å². The smallest absolute Gasteiger partial charge is 0.233 e. The number of hydrogen-bond acceptors (Lipinski definition) is 3. The van der Waals surface area contributed by atoms with E-state index in [1.165, 1.54) is 23.9 Å². The van der Waals surface area contributed by atoms with Crippen LogP contribution in [0.3, 0.4) is 0 Å². The van der Waals surface area contributed by atoms with E-state index < -0.39 is 0 Å². The van der Waals surface area contributed by atoms with Crippen molar-refractivity contribution < 1.29 is 9.18 Å². The first-order valence-corrected chi connectivity index (χ1v) is 7.71. The first-order chi connectivity index (χ1) is 10.1. The van der Waals surface area contributed by atoms with E-state index in [1.54, 1.807) is 30.3 Å². The Balaban J connectivity index is 1.86. The minimum Gasteiger partial charge on any atom is -0.341 e. The van der Waals surface area contributed by atoms with Crippen LogP contribution < -0.4 is 0 Å². The third-order valence-corrected chi connectivity index (χ3v) is 4.09. The third kappa shape index (κ3) is 4.32. The molecular formula is C15H18FN3OS. The van der Waals surface area contributed by atoms with Crippen molar-refractivity contribution in [2.45, 2.75) is 25.2 Å². The lowest BCUT2D eigenvalue weighted by molar-refractivity contribution is -0.127. The van der Waals surface area contributed by atoms with E-state index in [4.69, 9.17) is 0 Å². The van der Waals surface area contributed by atoms with Gasteiger partial charge in [-0.15, -0.1) is 0 Å². The molecule has 0 fully saturated rings. The molecular weight excluding hydrogens is 289 g/mol. The highest BCUT2D eigenvalue weighted by Gasteiger charge is 2.12. The summed E-state index contributed by atoms with van der Waals surface area (Å²) in [6.45, 7) is 3.35. The average Bonchev–Trinajstić information content (AvgIpc) is 2.94. The van der Waals surface area contributed by atoms with Gasteiger partial charge in [0.05, 0.1) is 5.75 Å². The summed E-state index contributed by atoms with van der Waals surface area (Å²) in [5.41, 5.74) is 0.910. The summed E-state index contributed by atoms with van der Waals surface area (Å²) in [7, 11) is 1.75. The first kappa shape index (κ1) is 15.6. The summed E-state index contributed by atoms with van der Waals surface area (Å²) >= 11 is 1.43. The van der Waals surface area contributed by atoms with Gasteiger partial charge in [0.1, 0.15) is 5.82 Å². The number of aromatic nitrogens is 2. The zero-order valence-corrected chi connectivity index (χ0v) is 12.9. The largest absolute Gasteiger partial charge is 0.341 e. The lowest BCUT2D eigenvalue weighted by Crippen LogP contribution is -2.27. The van der Waals surface area contributed by atoms with Crippen molar-refractivity contribution in [3.8, 4) is 0 Å². The number of hydrogen-bond donors (Lipinski definition) is 0. The van der Waals surface area contributed by atoms with Crippen molar-refractivity contribution in [2.24, 2.45) is 0 Å². The van der Waals surface area contributed by atoms with Gasteiger partial charge >= 0.3 is 0 Å². The average molecular weight is 307 g/mol. The Hall–Kier alpha value is -1.82. The number of carbonyl (C=O) groups is 1. The van der Waals surface area contributed by atoms with Crippen molar-refractivity contribution in [3.63, 3.8) is 0 Å². The lowest BCUT2D eigenvalue weighted by atomic mass is 10.2. The maximum Gasteiger partial charge on any atom is 0.233 e.